The van der Waals surface area contributed by atoms with Crippen LogP contribution >= 0.6 is 8.38 Å². The molecule has 1 unspecified atom stereocenters. The van der Waals surface area contributed by atoms with Crippen LogP contribution in [0.4, 0.5) is 0 Å². The quantitative estimate of drug-likeness (QED) is 0.567. The van der Waals surface area contributed by atoms with E-state index in [1.54, 1.807) is 0 Å². The third-order valence-electron chi connectivity index (χ3n) is 0.735. The molecule has 0 fully saturated rings. The van der Waals surface area contributed by atoms with Crippen molar-refractivity contribution in [1.82, 2.24) is 0 Å². The number of rotatable bonds is 4. The zero-order valence-corrected chi connectivity index (χ0v) is 7.15. The van der Waals surface area contributed by atoms with Gasteiger partial charge in [0.15, 0.2) is 0 Å². The molecular weight excluding hydrogens is 135 g/mol. The van der Waals surface area contributed by atoms with Gasteiger partial charge in [0, 0.05) is 0 Å². The Morgan fingerprint density at radius 2 is 2.11 bits per heavy atom. The highest BCUT2D eigenvalue weighted by molar-refractivity contribution is 7.44. The molecule has 1 atom stereocenters. The topological polar surface area (TPSA) is 32.3 Å². The predicted octanol–water partition coefficient (Wildman–Crippen LogP) is 1.49. The lowest BCUT2D eigenvalue weighted by molar-refractivity contribution is -0.182. The summed E-state index contributed by atoms with van der Waals surface area (Å²) in [7, 11) is -1.37. The summed E-state index contributed by atoms with van der Waals surface area (Å²) < 4.78 is 5.00. The largest absolute Gasteiger partial charge is 0.808 e. The molecule has 0 N–H and O–H groups in total. The van der Waals surface area contributed by atoms with Crippen molar-refractivity contribution < 1.29 is 9.42 Å². The normalized spacial score (nSPS) is 14.3. The van der Waals surface area contributed by atoms with Gasteiger partial charge in [-0.1, -0.05) is 21.7 Å². The lowest BCUT2D eigenvalue weighted by atomic mass is 10.5. The molecule has 3 heteroatoms. The van der Waals surface area contributed by atoms with Crippen LogP contribution in [0.15, 0.2) is 0 Å². The van der Waals surface area contributed by atoms with E-state index in [1.165, 1.54) is 0 Å². The maximum absolute atomic E-state index is 10.8. The van der Waals surface area contributed by atoms with Crippen molar-refractivity contribution in [3.05, 3.63) is 0 Å². The van der Waals surface area contributed by atoms with Crippen molar-refractivity contribution in [3.63, 3.8) is 0 Å². The molecule has 0 saturated carbocycles. The molecule has 0 radical (unpaired) electrons. The molecule has 56 valence electrons. The first-order chi connectivity index (χ1) is 4.16. The number of hydrogen-bond acceptors (Lipinski definition) is 2. The second-order valence-corrected chi connectivity index (χ2v) is 3.53. The summed E-state index contributed by atoms with van der Waals surface area (Å²) in [5.41, 5.74) is 0. The summed E-state index contributed by atoms with van der Waals surface area (Å²) in [5, 5.41) is 0. The van der Waals surface area contributed by atoms with Gasteiger partial charge in [0.25, 0.3) is 0 Å². The lowest BCUT2D eigenvalue weighted by Gasteiger charge is -2.24. The average Bonchev–Trinajstić information content (AvgIpc) is 1.63. The third-order valence-corrected chi connectivity index (χ3v) is 2.20. The predicted molar refractivity (Wildman–Crippen MR) is 38.3 cm³/mol. The maximum atomic E-state index is 10.8. The van der Waals surface area contributed by atoms with E-state index in [4.69, 9.17) is 4.52 Å². The zero-order valence-electron chi connectivity index (χ0n) is 6.26. The molecule has 0 bridgehead atoms. The molecule has 0 rings (SSSR count). The van der Waals surface area contributed by atoms with Crippen LogP contribution in [0.3, 0.4) is 0 Å². The van der Waals surface area contributed by atoms with Gasteiger partial charge in [-0.25, -0.2) is 0 Å². The summed E-state index contributed by atoms with van der Waals surface area (Å²) in [5.74, 6) is 0. The fourth-order valence-electron chi connectivity index (χ4n) is 0.470. The SMILES string of the molecule is CCCP([O-])OC(C)C. The highest BCUT2D eigenvalue weighted by Crippen LogP contribution is 2.28. The Kier molecular flexibility index (Phi) is 5.36. The summed E-state index contributed by atoms with van der Waals surface area (Å²) in [6.07, 6.45) is 1.72. The fourth-order valence-corrected chi connectivity index (χ4v) is 1.41. The van der Waals surface area contributed by atoms with Crippen LogP contribution in [0.25, 0.3) is 0 Å². The maximum Gasteiger partial charge on any atom is 0.0545 e. The second-order valence-electron chi connectivity index (χ2n) is 2.21. The molecule has 0 heterocycles. The minimum Gasteiger partial charge on any atom is -0.808 e. The molecule has 0 amide bonds. The fraction of sp³-hybridized carbons (Fsp3) is 1.00. The summed E-state index contributed by atoms with van der Waals surface area (Å²) in [4.78, 5) is 10.8. The Morgan fingerprint density at radius 3 is 2.44 bits per heavy atom. The Bertz CT molecular complexity index is 66.1. The van der Waals surface area contributed by atoms with Gasteiger partial charge in [0.05, 0.1) is 6.10 Å². The van der Waals surface area contributed by atoms with Crippen molar-refractivity contribution in [2.75, 3.05) is 6.16 Å². The van der Waals surface area contributed by atoms with Gasteiger partial charge in [-0.15, -0.1) is 0 Å². The second kappa shape index (κ2) is 5.16. The first kappa shape index (κ1) is 9.35. The van der Waals surface area contributed by atoms with Gasteiger partial charge in [0.2, 0.25) is 0 Å². The lowest BCUT2D eigenvalue weighted by Crippen LogP contribution is -2.07. The Labute approximate surface area is 58.1 Å². The van der Waals surface area contributed by atoms with E-state index in [0.29, 0.717) is 6.16 Å². The van der Waals surface area contributed by atoms with Crippen LogP contribution in [0, 0.1) is 0 Å². The zero-order chi connectivity index (χ0) is 7.28. The van der Waals surface area contributed by atoms with Crippen LogP contribution in [-0.2, 0) is 4.52 Å². The first-order valence-corrected chi connectivity index (χ1v) is 4.64. The molecular formula is C6H14O2P-. The van der Waals surface area contributed by atoms with Gasteiger partial charge in [-0.2, -0.15) is 0 Å². The minimum absolute atomic E-state index is 0.0974. The van der Waals surface area contributed by atoms with Gasteiger partial charge in [0.1, 0.15) is 0 Å². The van der Waals surface area contributed by atoms with Crippen LogP contribution in [-0.4, -0.2) is 12.3 Å². The van der Waals surface area contributed by atoms with Gasteiger partial charge in [-0.3, -0.25) is 0 Å². The van der Waals surface area contributed by atoms with E-state index in [0.717, 1.165) is 6.42 Å². The molecule has 9 heavy (non-hydrogen) atoms. The van der Waals surface area contributed by atoms with E-state index in [2.05, 4.69) is 0 Å². The van der Waals surface area contributed by atoms with Crippen molar-refractivity contribution in [1.29, 1.82) is 0 Å². The van der Waals surface area contributed by atoms with E-state index in [9.17, 15) is 4.89 Å². The first-order valence-electron chi connectivity index (χ1n) is 3.28. The van der Waals surface area contributed by atoms with Crippen LogP contribution in [0.2, 0.25) is 0 Å². The smallest absolute Gasteiger partial charge is 0.0545 e. The molecule has 0 aromatic rings. The molecule has 0 aliphatic heterocycles. The molecule has 0 aromatic carbocycles. The monoisotopic (exact) mass is 149 g/mol. The molecule has 0 saturated heterocycles. The van der Waals surface area contributed by atoms with Crippen molar-refractivity contribution in [3.8, 4) is 0 Å². The summed E-state index contributed by atoms with van der Waals surface area (Å²) in [6.45, 7) is 5.78. The average molecular weight is 149 g/mol. The van der Waals surface area contributed by atoms with E-state index >= 15 is 0 Å². The van der Waals surface area contributed by atoms with E-state index in [1.807, 2.05) is 20.8 Å². The molecule has 0 aromatic heterocycles. The highest BCUT2D eigenvalue weighted by atomic mass is 31.2. The molecule has 0 spiro atoms. The third kappa shape index (κ3) is 6.23. The molecule has 0 aliphatic rings. The van der Waals surface area contributed by atoms with Crippen LogP contribution < -0.4 is 4.89 Å². The van der Waals surface area contributed by atoms with Gasteiger partial charge in [-0.05, 0) is 20.0 Å². The van der Waals surface area contributed by atoms with Crippen molar-refractivity contribution in [2.45, 2.75) is 33.3 Å². The molecule has 2 nitrogen and oxygen atoms in total. The molecule has 0 aliphatic carbocycles. The highest BCUT2D eigenvalue weighted by Gasteiger charge is 1.94. The van der Waals surface area contributed by atoms with Gasteiger partial charge < -0.3 is 9.42 Å². The van der Waals surface area contributed by atoms with Gasteiger partial charge >= 0.3 is 0 Å². The Hall–Kier alpha value is 0.350. The van der Waals surface area contributed by atoms with E-state index in [-0.39, 0.29) is 6.10 Å². The van der Waals surface area contributed by atoms with Crippen LogP contribution in [0.1, 0.15) is 27.2 Å². The minimum atomic E-state index is -1.37. The Morgan fingerprint density at radius 1 is 1.56 bits per heavy atom. The number of hydrogen-bond donors (Lipinski definition) is 0. The summed E-state index contributed by atoms with van der Waals surface area (Å²) >= 11 is 0. The Balaban J connectivity index is 3.15. The standard InChI is InChI=1S/C6H14O2P/c1-4-5-9(7)8-6(2)3/h6H,4-5H2,1-3H3/q-1. The van der Waals surface area contributed by atoms with Crippen LogP contribution in [0.5, 0.6) is 0 Å². The van der Waals surface area contributed by atoms with E-state index < -0.39 is 8.38 Å². The van der Waals surface area contributed by atoms with Crippen molar-refractivity contribution in [2.24, 2.45) is 0 Å². The summed E-state index contributed by atoms with van der Waals surface area (Å²) in [6, 6.07) is 0. The van der Waals surface area contributed by atoms with Crippen molar-refractivity contribution >= 4 is 8.38 Å².